The first-order valence-electron chi connectivity index (χ1n) is 8.85. The Labute approximate surface area is 165 Å². The Bertz CT molecular complexity index is 1280. The van der Waals surface area contributed by atoms with Crippen LogP contribution in [0.25, 0.3) is 27.9 Å². The molecule has 0 bridgehead atoms. The third kappa shape index (κ3) is 2.68. The van der Waals surface area contributed by atoms with Crippen LogP contribution in [0.15, 0.2) is 61.2 Å². The van der Waals surface area contributed by atoms with E-state index in [2.05, 4.69) is 42.0 Å². The van der Waals surface area contributed by atoms with E-state index < -0.39 is 0 Å². The highest BCUT2D eigenvalue weighted by atomic mass is 35.5. The van der Waals surface area contributed by atoms with Crippen molar-refractivity contribution < 1.29 is 0 Å². The summed E-state index contributed by atoms with van der Waals surface area (Å²) in [5.41, 5.74) is 4.12. The number of halogens is 1. The van der Waals surface area contributed by atoms with E-state index in [4.69, 9.17) is 16.6 Å². The zero-order chi connectivity index (χ0) is 19.1. The largest absolute Gasteiger partial charge is 0.358 e. The number of hydrogen-bond donors (Lipinski definition) is 2. The van der Waals surface area contributed by atoms with Crippen molar-refractivity contribution in [2.24, 2.45) is 0 Å². The summed E-state index contributed by atoms with van der Waals surface area (Å²) in [5, 5.41) is 4.05. The average Bonchev–Trinajstić information content (AvgIpc) is 3.34. The molecule has 0 fully saturated rings. The molecule has 0 radical (unpaired) electrons. The second-order valence-corrected chi connectivity index (χ2v) is 6.85. The van der Waals surface area contributed by atoms with Gasteiger partial charge in [0, 0.05) is 5.69 Å². The summed E-state index contributed by atoms with van der Waals surface area (Å²) >= 11 is 6.43. The molecule has 7 nitrogen and oxygen atoms in total. The molecule has 3 heterocycles. The minimum absolute atomic E-state index is 0.148. The zero-order valence-electron chi connectivity index (χ0n) is 15.0. The van der Waals surface area contributed by atoms with Crippen LogP contribution in [0.3, 0.4) is 0 Å². The van der Waals surface area contributed by atoms with Gasteiger partial charge in [0.05, 0.1) is 22.9 Å². The number of para-hydroxylation sites is 2. The summed E-state index contributed by atoms with van der Waals surface area (Å²) in [6.45, 7) is 2.04. The number of imidazole rings is 2. The smallest absolute Gasteiger partial charge is 0.182 e. The summed E-state index contributed by atoms with van der Waals surface area (Å²) in [7, 11) is 0. The Balaban J connectivity index is 1.66. The lowest BCUT2D eigenvalue weighted by molar-refractivity contribution is 0.769. The van der Waals surface area contributed by atoms with E-state index in [0.717, 1.165) is 28.1 Å². The Morgan fingerprint density at radius 2 is 1.89 bits per heavy atom. The van der Waals surface area contributed by atoms with Gasteiger partial charge in [-0.2, -0.15) is 0 Å². The van der Waals surface area contributed by atoms with Crippen LogP contribution in [-0.2, 0) is 0 Å². The first kappa shape index (κ1) is 16.7. The molecule has 0 saturated carbocycles. The zero-order valence-corrected chi connectivity index (χ0v) is 15.7. The number of H-pyrrole nitrogens is 1. The average molecular weight is 390 g/mol. The first-order valence-corrected chi connectivity index (χ1v) is 9.23. The predicted octanol–water partition coefficient (Wildman–Crippen LogP) is 4.52. The van der Waals surface area contributed by atoms with E-state index in [0.29, 0.717) is 16.5 Å². The van der Waals surface area contributed by atoms with Crippen LogP contribution in [-0.4, -0.2) is 29.5 Å². The molecule has 8 heteroatoms. The monoisotopic (exact) mass is 389 g/mol. The molecule has 1 atom stereocenters. The van der Waals surface area contributed by atoms with Crippen molar-refractivity contribution in [3.05, 3.63) is 72.0 Å². The highest BCUT2D eigenvalue weighted by Crippen LogP contribution is 2.31. The summed E-state index contributed by atoms with van der Waals surface area (Å²) in [6.07, 6.45) is 3.10. The number of hydrogen-bond acceptors (Lipinski definition) is 5. The van der Waals surface area contributed by atoms with Crippen LogP contribution in [0.1, 0.15) is 18.8 Å². The number of nitrogens with one attached hydrogen (secondary N) is 2. The molecule has 2 aromatic carbocycles. The molecule has 2 N–H and O–H groups in total. The summed E-state index contributed by atoms with van der Waals surface area (Å²) < 4.78 is 2.12. The fourth-order valence-electron chi connectivity index (χ4n) is 3.37. The van der Waals surface area contributed by atoms with E-state index in [1.165, 1.54) is 6.33 Å². The molecular weight excluding hydrogens is 374 g/mol. The highest BCUT2D eigenvalue weighted by Gasteiger charge is 2.20. The van der Waals surface area contributed by atoms with Crippen molar-refractivity contribution in [3.63, 3.8) is 0 Å². The number of aromatic amines is 1. The summed E-state index contributed by atoms with van der Waals surface area (Å²) in [4.78, 5) is 20.6. The topological polar surface area (TPSA) is 84.3 Å². The quantitative estimate of drug-likeness (QED) is 0.472. The van der Waals surface area contributed by atoms with Gasteiger partial charge in [0.1, 0.15) is 23.2 Å². The van der Waals surface area contributed by atoms with Gasteiger partial charge in [-0.1, -0.05) is 35.9 Å². The van der Waals surface area contributed by atoms with Gasteiger partial charge in [0.25, 0.3) is 0 Å². The second-order valence-electron chi connectivity index (χ2n) is 6.44. The number of nitrogens with zero attached hydrogens (tertiary/aromatic N) is 5. The van der Waals surface area contributed by atoms with Gasteiger partial charge < -0.3 is 10.3 Å². The van der Waals surface area contributed by atoms with Gasteiger partial charge in [-0.15, -0.1) is 0 Å². The van der Waals surface area contributed by atoms with Gasteiger partial charge in [-0.3, -0.25) is 4.57 Å². The maximum Gasteiger partial charge on any atom is 0.182 e. The molecule has 138 valence electrons. The summed E-state index contributed by atoms with van der Waals surface area (Å²) in [5.74, 6) is 1.51. The van der Waals surface area contributed by atoms with Crippen molar-refractivity contribution in [2.45, 2.75) is 13.0 Å². The van der Waals surface area contributed by atoms with E-state index >= 15 is 0 Å². The minimum Gasteiger partial charge on any atom is -0.358 e. The van der Waals surface area contributed by atoms with E-state index in [-0.39, 0.29) is 6.04 Å². The van der Waals surface area contributed by atoms with Gasteiger partial charge in [0.2, 0.25) is 0 Å². The predicted molar refractivity (Wildman–Crippen MR) is 110 cm³/mol. The van der Waals surface area contributed by atoms with Crippen molar-refractivity contribution in [3.8, 4) is 5.69 Å². The van der Waals surface area contributed by atoms with Crippen molar-refractivity contribution in [1.29, 1.82) is 0 Å². The van der Waals surface area contributed by atoms with Crippen molar-refractivity contribution >= 4 is 39.6 Å². The third-order valence-corrected chi connectivity index (χ3v) is 4.94. The lowest BCUT2D eigenvalue weighted by Crippen LogP contribution is -2.14. The molecule has 5 rings (SSSR count). The van der Waals surface area contributed by atoms with Gasteiger partial charge >= 0.3 is 0 Å². The molecule has 3 aromatic heterocycles. The van der Waals surface area contributed by atoms with Gasteiger partial charge in [-0.05, 0) is 31.2 Å². The number of benzene rings is 2. The van der Waals surface area contributed by atoms with Crippen LogP contribution in [0.5, 0.6) is 0 Å². The van der Waals surface area contributed by atoms with Crippen LogP contribution in [0.2, 0.25) is 5.02 Å². The van der Waals surface area contributed by atoms with Crippen LogP contribution in [0, 0.1) is 0 Å². The Morgan fingerprint density at radius 1 is 1.04 bits per heavy atom. The van der Waals surface area contributed by atoms with E-state index in [1.807, 2.05) is 43.3 Å². The molecule has 0 amide bonds. The maximum atomic E-state index is 6.43. The number of anilines is 1. The first-order chi connectivity index (χ1) is 13.7. The van der Waals surface area contributed by atoms with Gasteiger partial charge in [-0.25, -0.2) is 19.9 Å². The molecule has 0 aliphatic heterocycles. The summed E-state index contributed by atoms with van der Waals surface area (Å²) in [6, 6.07) is 15.8. The normalized spacial score (nSPS) is 12.5. The second kappa shape index (κ2) is 6.61. The SMILES string of the molecule is CC(Nc1ncnc2nc[nH]c12)c1nc2c(Cl)cccc2n1-c1ccccc1. The molecule has 0 aliphatic carbocycles. The highest BCUT2D eigenvalue weighted by molar-refractivity contribution is 6.35. The number of fused-ring (bicyclic) bond motifs is 2. The Hall–Kier alpha value is -3.45. The van der Waals surface area contributed by atoms with Crippen LogP contribution < -0.4 is 5.32 Å². The Morgan fingerprint density at radius 3 is 2.75 bits per heavy atom. The van der Waals surface area contributed by atoms with Gasteiger partial charge in [0.15, 0.2) is 11.5 Å². The maximum absolute atomic E-state index is 6.43. The molecule has 5 aromatic rings. The lowest BCUT2D eigenvalue weighted by atomic mass is 10.2. The fraction of sp³-hybridized carbons (Fsp3) is 0.100. The molecule has 0 spiro atoms. The van der Waals surface area contributed by atoms with Crippen LogP contribution in [0.4, 0.5) is 5.82 Å². The third-order valence-electron chi connectivity index (χ3n) is 4.64. The van der Waals surface area contributed by atoms with Crippen molar-refractivity contribution in [2.75, 3.05) is 5.32 Å². The van der Waals surface area contributed by atoms with E-state index in [1.54, 1.807) is 6.33 Å². The molecule has 0 aliphatic rings. The molecule has 28 heavy (non-hydrogen) atoms. The van der Waals surface area contributed by atoms with Crippen molar-refractivity contribution in [1.82, 2.24) is 29.5 Å². The number of aromatic nitrogens is 6. The lowest BCUT2D eigenvalue weighted by Gasteiger charge is -2.17. The fourth-order valence-corrected chi connectivity index (χ4v) is 3.58. The number of rotatable bonds is 4. The molecule has 1 unspecified atom stereocenters. The minimum atomic E-state index is -0.148. The van der Waals surface area contributed by atoms with E-state index in [9.17, 15) is 0 Å². The van der Waals surface area contributed by atoms with Crippen LogP contribution >= 0.6 is 11.6 Å². The molecular formula is C20H16ClN7. The standard InChI is InChI=1S/C20H16ClN7/c1-12(26-19-17-18(23-10-22-17)24-11-25-19)20-27-16-14(21)8-5-9-15(16)28(20)13-6-3-2-4-7-13/h2-12H,1H3,(H2,22,23,24,25,26). The molecule has 0 saturated heterocycles. The Kier molecular flexibility index (Phi) is 3.95.